The summed E-state index contributed by atoms with van der Waals surface area (Å²) in [6.07, 6.45) is 7.80. The highest BCUT2D eigenvalue weighted by atomic mass is 16.5. The third-order valence-corrected chi connectivity index (χ3v) is 8.42. The van der Waals surface area contributed by atoms with Crippen LogP contribution < -0.4 is 20.3 Å². The molecule has 1 amide bonds. The Morgan fingerprint density at radius 1 is 0.955 bits per heavy atom. The second kappa shape index (κ2) is 15.0. The molecule has 2 aliphatic rings. The number of carbonyl (C=O) groups excluding carboxylic acids is 1. The van der Waals surface area contributed by atoms with E-state index in [4.69, 9.17) is 4.74 Å². The summed E-state index contributed by atoms with van der Waals surface area (Å²) < 4.78 is 6.27. The van der Waals surface area contributed by atoms with Crippen molar-refractivity contribution in [3.63, 3.8) is 0 Å². The summed E-state index contributed by atoms with van der Waals surface area (Å²) >= 11 is 0. The number of carbonyl (C=O) groups is 1. The van der Waals surface area contributed by atoms with E-state index in [2.05, 4.69) is 50.3 Å². The summed E-state index contributed by atoms with van der Waals surface area (Å²) in [7, 11) is 0. The molecule has 0 bridgehead atoms. The number of rotatable bonds is 9. The second-order valence-electron chi connectivity index (χ2n) is 11.3. The summed E-state index contributed by atoms with van der Waals surface area (Å²) in [5.41, 5.74) is 3.62. The maximum absolute atomic E-state index is 13.5. The normalized spacial score (nSPS) is 16.7. The van der Waals surface area contributed by atoms with Crippen molar-refractivity contribution in [3.05, 3.63) is 78.0 Å². The number of likely N-dealkylation sites (N-methyl/N-ethyl adjacent to an activating group) is 1. The largest absolute Gasteiger partial charge is 0.438 e. The molecule has 1 unspecified atom stereocenters. The SMILES string of the molecule is CC.CCN1CCCC1CNc1nccc(Oc2ccc(NC(=O)c3cc(C)cc(N4CCCCC4)c3)c3ccccc23)n1. The van der Waals surface area contributed by atoms with Crippen molar-refractivity contribution in [1.82, 2.24) is 14.9 Å². The fraction of sp³-hybridized carbons (Fsp3) is 0.417. The van der Waals surface area contributed by atoms with Gasteiger partial charge in [-0.05, 0) is 88.0 Å². The molecule has 232 valence electrons. The lowest BCUT2D eigenvalue weighted by Gasteiger charge is -2.29. The molecule has 3 aromatic carbocycles. The highest BCUT2D eigenvalue weighted by Gasteiger charge is 2.23. The molecule has 0 radical (unpaired) electrons. The lowest BCUT2D eigenvalue weighted by molar-refractivity contribution is 0.102. The van der Waals surface area contributed by atoms with E-state index >= 15 is 0 Å². The van der Waals surface area contributed by atoms with Gasteiger partial charge < -0.3 is 20.3 Å². The zero-order valence-corrected chi connectivity index (χ0v) is 26.6. The fourth-order valence-electron chi connectivity index (χ4n) is 6.24. The maximum Gasteiger partial charge on any atom is 0.255 e. The molecule has 4 aromatic rings. The lowest BCUT2D eigenvalue weighted by atomic mass is 10.0. The van der Waals surface area contributed by atoms with Gasteiger partial charge in [-0.1, -0.05) is 45.0 Å². The van der Waals surface area contributed by atoms with Crippen LogP contribution >= 0.6 is 0 Å². The number of likely N-dealkylation sites (tertiary alicyclic amines) is 1. The number of hydrogen-bond acceptors (Lipinski definition) is 7. The van der Waals surface area contributed by atoms with Crippen LogP contribution in [0.4, 0.5) is 17.3 Å². The van der Waals surface area contributed by atoms with E-state index in [1.54, 1.807) is 12.3 Å². The Kier molecular flexibility index (Phi) is 10.7. The first-order chi connectivity index (χ1) is 21.6. The highest BCUT2D eigenvalue weighted by Crippen LogP contribution is 2.34. The summed E-state index contributed by atoms with van der Waals surface area (Å²) in [6.45, 7) is 13.4. The minimum Gasteiger partial charge on any atom is -0.438 e. The Morgan fingerprint density at radius 2 is 1.75 bits per heavy atom. The van der Waals surface area contributed by atoms with Gasteiger partial charge in [0.1, 0.15) is 5.75 Å². The van der Waals surface area contributed by atoms with Crippen molar-refractivity contribution in [1.29, 1.82) is 0 Å². The van der Waals surface area contributed by atoms with E-state index in [-0.39, 0.29) is 5.91 Å². The number of aromatic nitrogens is 2. The van der Waals surface area contributed by atoms with E-state index in [9.17, 15) is 4.79 Å². The van der Waals surface area contributed by atoms with Gasteiger partial charge in [-0.2, -0.15) is 4.98 Å². The van der Waals surface area contributed by atoms with Crippen molar-refractivity contribution < 1.29 is 9.53 Å². The Morgan fingerprint density at radius 3 is 2.55 bits per heavy atom. The van der Waals surface area contributed by atoms with Crippen molar-refractivity contribution in [3.8, 4) is 11.6 Å². The van der Waals surface area contributed by atoms with Gasteiger partial charge in [-0.25, -0.2) is 4.98 Å². The van der Waals surface area contributed by atoms with Crippen molar-refractivity contribution in [2.45, 2.75) is 65.8 Å². The number of nitrogens with one attached hydrogen (secondary N) is 2. The first kappa shape index (κ1) is 31.3. The number of piperidine rings is 1. The minimum absolute atomic E-state index is 0.119. The third kappa shape index (κ3) is 7.48. The van der Waals surface area contributed by atoms with E-state index in [0.29, 0.717) is 29.2 Å². The van der Waals surface area contributed by atoms with Gasteiger partial charge in [-0.3, -0.25) is 9.69 Å². The molecular formula is C36H46N6O2. The molecule has 3 heterocycles. The van der Waals surface area contributed by atoms with Gasteiger partial charge >= 0.3 is 0 Å². The van der Waals surface area contributed by atoms with E-state index < -0.39 is 0 Å². The average molecular weight is 595 g/mol. The number of nitrogens with zero attached hydrogens (tertiary/aromatic N) is 4. The predicted molar refractivity (Wildman–Crippen MR) is 181 cm³/mol. The summed E-state index contributed by atoms with van der Waals surface area (Å²) in [5.74, 6) is 1.58. The molecule has 1 atom stereocenters. The number of benzene rings is 3. The number of fused-ring (bicyclic) bond motifs is 1. The van der Waals surface area contributed by atoms with Crippen LogP contribution in [0.2, 0.25) is 0 Å². The van der Waals surface area contributed by atoms with E-state index in [1.807, 2.05) is 62.4 Å². The van der Waals surface area contributed by atoms with Crippen molar-refractivity contribution >= 4 is 34.0 Å². The van der Waals surface area contributed by atoms with E-state index in [0.717, 1.165) is 60.4 Å². The molecule has 2 saturated heterocycles. The zero-order chi connectivity index (χ0) is 30.9. The number of hydrogen-bond donors (Lipinski definition) is 2. The fourth-order valence-corrected chi connectivity index (χ4v) is 6.24. The van der Waals surface area contributed by atoms with Gasteiger partial charge in [0, 0.05) is 65.6 Å². The monoisotopic (exact) mass is 594 g/mol. The smallest absolute Gasteiger partial charge is 0.255 e. The minimum atomic E-state index is -0.119. The quantitative estimate of drug-likeness (QED) is 0.204. The first-order valence-electron chi connectivity index (χ1n) is 16.3. The Hall–Kier alpha value is -4.17. The molecule has 1 aromatic heterocycles. The van der Waals surface area contributed by atoms with Crippen molar-refractivity contribution in [2.24, 2.45) is 0 Å². The van der Waals surface area contributed by atoms with Gasteiger partial charge in [-0.15, -0.1) is 0 Å². The standard InChI is InChI=1S/C34H40N6O2.C2H6/c1-3-39-19-9-10-26(39)23-36-34-35-16-15-32(38-34)42-31-14-13-30(28-11-5-6-12-29(28)31)37-33(41)25-20-24(2)21-27(22-25)40-17-7-4-8-18-40;1-2/h5-6,11-16,20-22,26H,3-4,7-10,17-19,23H2,1-2H3,(H,37,41)(H,35,36,38);1-2H3. The molecule has 0 spiro atoms. The van der Waals surface area contributed by atoms with Crippen LogP contribution in [-0.2, 0) is 0 Å². The summed E-state index contributed by atoms with van der Waals surface area (Å²) in [5, 5.41) is 8.35. The predicted octanol–water partition coefficient (Wildman–Crippen LogP) is 7.90. The van der Waals surface area contributed by atoms with Crippen molar-refractivity contribution in [2.75, 3.05) is 48.3 Å². The average Bonchev–Trinajstić information content (AvgIpc) is 3.54. The van der Waals surface area contributed by atoms with Crippen LogP contribution in [0.15, 0.2) is 66.9 Å². The highest BCUT2D eigenvalue weighted by molar-refractivity contribution is 6.10. The third-order valence-electron chi connectivity index (χ3n) is 8.42. The number of ether oxygens (including phenoxy) is 1. The maximum atomic E-state index is 13.5. The lowest BCUT2D eigenvalue weighted by Crippen LogP contribution is -2.34. The Balaban J connectivity index is 0.00000188. The first-order valence-corrected chi connectivity index (χ1v) is 16.3. The second-order valence-corrected chi connectivity index (χ2v) is 11.3. The molecule has 0 saturated carbocycles. The van der Waals surface area contributed by atoms with Gasteiger partial charge in [0.25, 0.3) is 5.91 Å². The Labute approximate surface area is 261 Å². The molecular weight excluding hydrogens is 548 g/mol. The zero-order valence-electron chi connectivity index (χ0n) is 26.6. The van der Waals surface area contributed by atoms with Crippen LogP contribution in [0.5, 0.6) is 11.6 Å². The molecule has 2 fully saturated rings. The molecule has 8 nitrogen and oxygen atoms in total. The molecule has 44 heavy (non-hydrogen) atoms. The Bertz CT molecular complexity index is 1550. The molecule has 2 aliphatic heterocycles. The molecule has 6 rings (SSSR count). The van der Waals surface area contributed by atoms with Crippen LogP contribution in [0.1, 0.15) is 68.8 Å². The number of anilines is 3. The molecule has 0 aliphatic carbocycles. The molecule has 2 N–H and O–H groups in total. The topological polar surface area (TPSA) is 82.6 Å². The van der Waals surface area contributed by atoms with Gasteiger partial charge in [0.15, 0.2) is 0 Å². The van der Waals surface area contributed by atoms with Gasteiger partial charge in [0.2, 0.25) is 11.8 Å². The van der Waals surface area contributed by atoms with Crippen LogP contribution in [0, 0.1) is 6.92 Å². The summed E-state index contributed by atoms with van der Waals surface area (Å²) in [4.78, 5) is 27.4. The van der Waals surface area contributed by atoms with Crippen LogP contribution in [-0.4, -0.2) is 59.5 Å². The number of amides is 1. The van der Waals surface area contributed by atoms with E-state index in [1.165, 1.54) is 32.1 Å². The van der Waals surface area contributed by atoms with Gasteiger partial charge in [0.05, 0.1) is 0 Å². The van der Waals surface area contributed by atoms with Crippen LogP contribution in [0.25, 0.3) is 10.8 Å². The molecule has 8 heteroatoms. The summed E-state index contributed by atoms with van der Waals surface area (Å²) in [6, 6.07) is 20.1. The van der Waals surface area contributed by atoms with Crippen LogP contribution in [0.3, 0.4) is 0 Å². The number of aryl methyl sites for hydroxylation is 1.